The van der Waals surface area contributed by atoms with Crippen molar-refractivity contribution >= 4 is 21.6 Å². The summed E-state index contributed by atoms with van der Waals surface area (Å²) in [4.78, 5) is 0. The third-order valence-electron chi connectivity index (χ3n) is 4.08. The molecule has 0 radical (unpaired) electrons. The van der Waals surface area contributed by atoms with Crippen molar-refractivity contribution in [2.45, 2.75) is 51.5 Å². The first-order chi connectivity index (χ1) is 9.53. The second-order valence-electron chi connectivity index (χ2n) is 6.42. The van der Waals surface area contributed by atoms with Gasteiger partial charge in [-0.25, -0.2) is 0 Å². The summed E-state index contributed by atoms with van der Waals surface area (Å²) < 4.78 is 1.05. The molecule has 0 spiro atoms. The maximum atomic E-state index is 9.70. The van der Waals surface area contributed by atoms with Gasteiger partial charge in [0.2, 0.25) is 0 Å². The van der Waals surface area contributed by atoms with Crippen LogP contribution in [0.2, 0.25) is 0 Å². The topological polar surface area (TPSA) is 35.8 Å². The highest BCUT2D eigenvalue weighted by molar-refractivity contribution is 9.10. The summed E-state index contributed by atoms with van der Waals surface area (Å²) in [5.74, 6) is 1.38. The molecule has 1 aliphatic carbocycles. The first-order valence-electron chi connectivity index (χ1n) is 7.48. The van der Waals surface area contributed by atoms with Crippen molar-refractivity contribution in [2.75, 3.05) is 5.32 Å². The van der Waals surface area contributed by atoms with Crippen molar-refractivity contribution in [3.05, 3.63) is 28.7 Å². The first kappa shape index (κ1) is 15.4. The predicted molar refractivity (Wildman–Crippen MR) is 87.5 cm³/mol. The summed E-state index contributed by atoms with van der Waals surface area (Å²) >= 11 is 3.49. The molecule has 2 rings (SSSR count). The molecule has 0 amide bonds. The molecule has 1 fully saturated rings. The van der Waals surface area contributed by atoms with Gasteiger partial charge in [-0.2, -0.15) is 5.26 Å². The lowest BCUT2D eigenvalue weighted by atomic mass is 9.73. The fourth-order valence-electron chi connectivity index (χ4n) is 3.34. The second-order valence-corrected chi connectivity index (χ2v) is 7.34. The van der Waals surface area contributed by atoms with Gasteiger partial charge in [-0.3, -0.25) is 0 Å². The molecule has 20 heavy (non-hydrogen) atoms. The van der Waals surface area contributed by atoms with E-state index >= 15 is 0 Å². The summed E-state index contributed by atoms with van der Waals surface area (Å²) in [5.41, 5.74) is 0.643. The van der Waals surface area contributed by atoms with Gasteiger partial charge in [0.15, 0.2) is 0 Å². The summed E-state index contributed by atoms with van der Waals surface area (Å²) in [7, 11) is 0. The van der Waals surface area contributed by atoms with Crippen LogP contribution in [0.4, 0.5) is 5.69 Å². The zero-order valence-electron chi connectivity index (χ0n) is 12.3. The maximum absolute atomic E-state index is 9.70. The highest BCUT2D eigenvalue weighted by Crippen LogP contribution is 2.37. The van der Waals surface area contributed by atoms with Gasteiger partial charge in [-0.1, -0.05) is 42.3 Å². The lowest BCUT2D eigenvalue weighted by molar-refractivity contribution is 0.254. The average molecular weight is 335 g/mol. The minimum Gasteiger partial charge on any atom is -0.367 e. The van der Waals surface area contributed by atoms with Crippen LogP contribution in [0.1, 0.15) is 46.0 Å². The van der Waals surface area contributed by atoms with E-state index in [0.717, 1.165) is 29.4 Å². The van der Waals surface area contributed by atoms with Gasteiger partial charge >= 0.3 is 0 Å². The Morgan fingerprint density at radius 3 is 2.95 bits per heavy atom. The Hall–Kier alpha value is -1.01. The zero-order chi connectivity index (χ0) is 14.6. The van der Waals surface area contributed by atoms with E-state index in [1.165, 1.54) is 12.8 Å². The van der Waals surface area contributed by atoms with E-state index in [9.17, 15) is 5.26 Å². The molecule has 1 aliphatic rings. The Morgan fingerprint density at radius 2 is 2.30 bits per heavy atom. The lowest BCUT2D eigenvalue weighted by Gasteiger charge is -2.37. The molecule has 1 N–H and O–H groups in total. The third kappa shape index (κ3) is 3.99. The monoisotopic (exact) mass is 334 g/mol. The standard InChI is InChI=1S/C17H23BrN2/c1-13(2)9-14-5-4-8-17(11-14,12-19)20-16-7-3-6-15(18)10-16/h3,6-7,10,13-14,20H,4-5,8-9,11H2,1-2H3. The van der Waals surface area contributed by atoms with Crippen LogP contribution in [0.3, 0.4) is 0 Å². The van der Waals surface area contributed by atoms with E-state index in [1.807, 2.05) is 24.3 Å². The normalized spacial score (nSPS) is 26.2. The van der Waals surface area contributed by atoms with Gasteiger partial charge < -0.3 is 5.32 Å². The molecule has 0 bridgehead atoms. The minimum absolute atomic E-state index is 0.390. The summed E-state index contributed by atoms with van der Waals surface area (Å²) in [6, 6.07) is 10.7. The van der Waals surface area contributed by atoms with E-state index in [1.54, 1.807) is 0 Å². The Kier molecular flexibility index (Phi) is 5.10. The second kappa shape index (κ2) is 6.63. The number of hydrogen-bond donors (Lipinski definition) is 1. The number of rotatable bonds is 4. The highest BCUT2D eigenvalue weighted by Gasteiger charge is 2.36. The molecule has 0 aliphatic heterocycles. The molecule has 1 aromatic carbocycles. The number of nitrogens with one attached hydrogen (secondary N) is 1. The first-order valence-corrected chi connectivity index (χ1v) is 8.27. The SMILES string of the molecule is CC(C)CC1CCCC(C#N)(Nc2cccc(Br)c2)C1. The molecule has 108 valence electrons. The smallest absolute Gasteiger partial charge is 0.125 e. The van der Waals surface area contributed by atoms with Crippen LogP contribution in [0.25, 0.3) is 0 Å². The number of anilines is 1. The van der Waals surface area contributed by atoms with Crippen LogP contribution in [-0.4, -0.2) is 5.54 Å². The molecule has 1 aromatic rings. The number of hydrogen-bond acceptors (Lipinski definition) is 2. The fourth-order valence-corrected chi connectivity index (χ4v) is 3.74. The Balaban J connectivity index is 2.11. The lowest BCUT2D eigenvalue weighted by Crippen LogP contribution is -2.41. The van der Waals surface area contributed by atoms with Gasteiger partial charge in [0.05, 0.1) is 6.07 Å². The number of nitrogens with zero attached hydrogens (tertiary/aromatic N) is 1. The molecule has 0 heterocycles. The largest absolute Gasteiger partial charge is 0.367 e. The molecule has 0 aromatic heterocycles. The van der Waals surface area contributed by atoms with Crippen LogP contribution >= 0.6 is 15.9 Å². The van der Waals surface area contributed by atoms with Gasteiger partial charge in [0.25, 0.3) is 0 Å². The van der Waals surface area contributed by atoms with Gasteiger partial charge in [0, 0.05) is 10.2 Å². The van der Waals surface area contributed by atoms with Crippen molar-refractivity contribution < 1.29 is 0 Å². The van der Waals surface area contributed by atoms with Crippen LogP contribution in [0.15, 0.2) is 28.7 Å². The van der Waals surface area contributed by atoms with E-state index in [4.69, 9.17) is 0 Å². The molecule has 2 atom stereocenters. The van der Waals surface area contributed by atoms with Gasteiger partial charge in [-0.15, -0.1) is 0 Å². The zero-order valence-corrected chi connectivity index (χ0v) is 13.9. The molecular weight excluding hydrogens is 312 g/mol. The molecule has 0 saturated heterocycles. The van der Waals surface area contributed by atoms with Gasteiger partial charge in [0.1, 0.15) is 5.54 Å². The average Bonchev–Trinajstić information content (AvgIpc) is 2.38. The van der Waals surface area contributed by atoms with Crippen molar-refractivity contribution in [1.82, 2.24) is 0 Å². The van der Waals surface area contributed by atoms with Crippen LogP contribution in [0, 0.1) is 23.2 Å². The molecular formula is C17H23BrN2. The van der Waals surface area contributed by atoms with Crippen molar-refractivity contribution in [3.63, 3.8) is 0 Å². The van der Waals surface area contributed by atoms with Crippen molar-refractivity contribution in [1.29, 1.82) is 5.26 Å². The number of benzene rings is 1. The highest BCUT2D eigenvalue weighted by atomic mass is 79.9. The van der Waals surface area contributed by atoms with Crippen LogP contribution < -0.4 is 5.32 Å². The fraction of sp³-hybridized carbons (Fsp3) is 0.588. The molecule has 1 saturated carbocycles. The van der Waals surface area contributed by atoms with Crippen LogP contribution in [0.5, 0.6) is 0 Å². The predicted octanol–water partition coefficient (Wildman–Crippen LogP) is 5.36. The van der Waals surface area contributed by atoms with Crippen molar-refractivity contribution in [2.24, 2.45) is 11.8 Å². The van der Waals surface area contributed by atoms with E-state index in [0.29, 0.717) is 11.8 Å². The summed E-state index contributed by atoms with van der Waals surface area (Å²) in [6.07, 6.45) is 5.55. The minimum atomic E-state index is -0.390. The van der Waals surface area contributed by atoms with Crippen molar-refractivity contribution in [3.8, 4) is 6.07 Å². The maximum Gasteiger partial charge on any atom is 0.125 e. The summed E-state index contributed by atoms with van der Waals surface area (Å²) in [5, 5.41) is 13.2. The quantitative estimate of drug-likeness (QED) is 0.804. The Morgan fingerprint density at radius 1 is 1.50 bits per heavy atom. The molecule has 3 heteroatoms. The number of nitriles is 1. The van der Waals surface area contributed by atoms with Crippen LogP contribution in [-0.2, 0) is 0 Å². The van der Waals surface area contributed by atoms with E-state index in [2.05, 4.69) is 41.2 Å². The number of halogens is 1. The summed E-state index contributed by atoms with van der Waals surface area (Å²) in [6.45, 7) is 4.54. The Labute approximate surface area is 130 Å². The molecule has 2 unspecified atom stereocenters. The Bertz CT molecular complexity index is 492. The molecule has 2 nitrogen and oxygen atoms in total. The van der Waals surface area contributed by atoms with Gasteiger partial charge in [-0.05, 0) is 55.7 Å². The van der Waals surface area contributed by atoms with E-state index in [-0.39, 0.29) is 0 Å². The van der Waals surface area contributed by atoms with E-state index < -0.39 is 5.54 Å². The third-order valence-corrected chi connectivity index (χ3v) is 4.57.